The number of nitrogens with zero attached hydrogens (tertiary/aromatic N) is 2. The smallest absolute Gasteiger partial charge is 0.0470 e. The van der Waals surface area contributed by atoms with Crippen molar-refractivity contribution in [3.63, 3.8) is 0 Å². The second kappa shape index (κ2) is 16.5. The molecule has 2 nitrogen and oxygen atoms in total. The van der Waals surface area contributed by atoms with Crippen molar-refractivity contribution in [1.29, 1.82) is 0 Å². The summed E-state index contributed by atoms with van der Waals surface area (Å²) in [6.07, 6.45) is 6.70. The lowest BCUT2D eigenvalue weighted by Crippen LogP contribution is -2.11. The lowest BCUT2D eigenvalue weighted by atomic mass is 9.82. The molecule has 0 unspecified atom stereocenters. The number of hydrogen-bond acceptors (Lipinski definition) is 2. The van der Waals surface area contributed by atoms with E-state index in [-0.39, 0.29) is 0 Å². The molecule has 60 heavy (non-hydrogen) atoms. The Morgan fingerprint density at radius 2 is 0.833 bits per heavy atom. The zero-order valence-corrected chi connectivity index (χ0v) is 35.6. The average Bonchev–Trinajstić information content (AvgIpc) is 3.31. The summed E-state index contributed by atoms with van der Waals surface area (Å²) in [6, 6.07) is 74.8. The molecule has 1 aliphatic carbocycles. The van der Waals surface area contributed by atoms with E-state index in [0.717, 1.165) is 47.0 Å². The summed E-state index contributed by atoms with van der Waals surface area (Å²) < 4.78 is 1.39. The van der Waals surface area contributed by atoms with Gasteiger partial charge >= 0.3 is 0 Å². The van der Waals surface area contributed by atoms with E-state index in [0.29, 0.717) is 0 Å². The normalized spacial score (nSPS) is 12.6. The fourth-order valence-electron chi connectivity index (χ4n) is 8.93. The Labute approximate surface area is 366 Å². The molecule has 0 bridgehead atoms. The standard InChI is InChI=1S/C57H43IN2/c1-40-37-51(60(48-23-13-5-14-24-48)49-25-15-6-16-26-49)39-54-55(40)57(44-31-33-45(58)34-32-44)53-38-50(59(46-19-9-3-10-20-46)47-21-11-4-12-22-47)35-36-52(53)56(54)43-29-27-42(28-30-43)41-17-7-2-8-18-41/h2-31,33,35-39H,32,34H2,1H3. The fourth-order valence-corrected chi connectivity index (χ4v) is 9.38. The molecule has 0 saturated heterocycles. The van der Waals surface area contributed by atoms with Crippen molar-refractivity contribution in [1.82, 2.24) is 0 Å². The van der Waals surface area contributed by atoms with Gasteiger partial charge in [-0.05, 0) is 179 Å². The monoisotopic (exact) mass is 882 g/mol. The molecule has 288 valence electrons. The molecule has 0 aromatic heterocycles. The van der Waals surface area contributed by atoms with Gasteiger partial charge in [0.15, 0.2) is 0 Å². The highest BCUT2D eigenvalue weighted by molar-refractivity contribution is 14.1. The van der Waals surface area contributed by atoms with Crippen molar-refractivity contribution in [3.8, 4) is 22.3 Å². The summed E-state index contributed by atoms with van der Waals surface area (Å²) in [4.78, 5) is 4.78. The van der Waals surface area contributed by atoms with Gasteiger partial charge in [-0.2, -0.15) is 0 Å². The molecule has 0 saturated carbocycles. The number of halogens is 1. The molecule has 0 spiro atoms. The van der Waals surface area contributed by atoms with Gasteiger partial charge in [-0.3, -0.25) is 0 Å². The predicted octanol–water partition coefficient (Wildman–Crippen LogP) is 17.1. The molecule has 0 fully saturated rings. The van der Waals surface area contributed by atoms with Crippen LogP contribution in [0, 0.1) is 6.92 Å². The number of hydrogen-bond donors (Lipinski definition) is 0. The molecule has 0 N–H and O–H groups in total. The van der Waals surface area contributed by atoms with E-state index >= 15 is 0 Å². The Morgan fingerprint density at radius 3 is 1.35 bits per heavy atom. The third-order valence-corrected chi connectivity index (χ3v) is 12.6. The first-order valence-electron chi connectivity index (χ1n) is 20.7. The maximum Gasteiger partial charge on any atom is 0.0470 e. The van der Waals surface area contributed by atoms with Crippen LogP contribution in [0.2, 0.25) is 0 Å². The second-order valence-electron chi connectivity index (χ2n) is 15.4. The minimum absolute atomic E-state index is 0.983. The van der Waals surface area contributed by atoms with Crippen LogP contribution in [0.15, 0.2) is 222 Å². The molecule has 0 aliphatic heterocycles. The van der Waals surface area contributed by atoms with Crippen LogP contribution in [0.4, 0.5) is 34.1 Å². The van der Waals surface area contributed by atoms with Crippen molar-refractivity contribution >= 4 is 83.8 Å². The SMILES string of the molecule is Cc1cc(N(c2ccccc2)c2ccccc2)cc2c(-c3ccc(-c4ccccc4)cc3)c3ccc(N(c4ccccc4)c4ccccc4)cc3c(C3=CC=C(I)CC3)c12. The molecule has 0 atom stereocenters. The van der Waals surface area contributed by atoms with E-state index in [4.69, 9.17) is 0 Å². The Balaban J connectivity index is 1.31. The van der Waals surface area contributed by atoms with Crippen molar-refractivity contribution < 1.29 is 0 Å². The Bertz CT molecular complexity index is 2930. The number of anilines is 6. The molecule has 0 heterocycles. The number of allylic oxidation sites excluding steroid dienone is 4. The molecular formula is C57H43IN2. The minimum atomic E-state index is 0.983. The van der Waals surface area contributed by atoms with Crippen LogP contribution in [-0.4, -0.2) is 0 Å². The first-order valence-corrected chi connectivity index (χ1v) is 21.7. The van der Waals surface area contributed by atoms with Gasteiger partial charge in [0.05, 0.1) is 0 Å². The predicted molar refractivity (Wildman–Crippen MR) is 266 cm³/mol. The van der Waals surface area contributed by atoms with Gasteiger partial charge in [0, 0.05) is 34.1 Å². The topological polar surface area (TPSA) is 6.48 Å². The molecule has 0 radical (unpaired) electrons. The first kappa shape index (κ1) is 37.6. The van der Waals surface area contributed by atoms with Crippen LogP contribution in [0.1, 0.15) is 24.0 Å². The van der Waals surface area contributed by atoms with Gasteiger partial charge in [-0.25, -0.2) is 0 Å². The Morgan fingerprint density at radius 1 is 0.367 bits per heavy atom. The van der Waals surface area contributed by atoms with E-state index in [1.807, 2.05) is 0 Å². The van der Waals surface area contributed by atoms with Crippen molar-refractivity contribution in [3.05, 3.63) is 233 Å². The van der Waals surface area contributed by atoms with Crippen molar-refractivity contribution in [2.24, 2.45) is 0 Å². The third kappa shape index (κ3) is 7.20. The molecule has 0 amide bonds. The zero-order chi connectivity index (χ0) is 40.4. The van der Waals surface area contributed by atoms with E-state index in [1.54, 1.807) is 0 Å². The molecule has 9 aromatic rings. The quantitative estimate of drug-likeness (QED) is 0.105. The molecule has 10 rings (SSSR count). The number of benzene rings is 9. The molecule has 3 heteroatoms. The maximum absolute atomic E-state index is 2.50. The highest BCUT2D eigenvalue weighted by Crippen LogP contribution is 2.49. The van der Waals surface area contributed by atoms with E-state index < -0.39 is 0 Å². The summed E-state index contributed by atoms with van der Waals surface area (Å²) in [6.45, 7) is 2.31. The highest BCUT2D eigenvalue weighted by Gasteiger charge is 2.24. The van der Waals surface area contributed by atoms with E-state index in [2.05, 4.69) is 258 Å². The van der Waals surface area contributed by atoms with Crippen LogP contribution < -0.4 is 9.80 Å². The number of aryl methyl sites for hydroxylation is 1. The third-order valence-electron chi connectivity index (χ3n) is 11.7. The molecule has 9 aromatic carbocycles. The van der Waals surface area contributed by atoms with Crippen LogP contribution in [0.5, 0.6) is 0 Å². The lowest BCUT2D eigenvalue weighted by Gasteiger charge is -2.29. The second-order valence-corrected chi connectivity index (χ2v) is 16.8. The van der Waals surface area contributed by atoms with Gasteiger partial charge in [-0.1, -0.05) is 146 Å². The van der Waals surface area contributed by atoms with Crippen LogP contribution >= 0.6 is 22.6 Å². The van der Waals surface area contributed by atoms with Gasteiger partial charge in [0.25, 0.3) is 0 Å². The van der Waals surface area contributed by atoms with Crippen LogP contribution in [0.3, 0.4) is 0 Å². The summed E-state index contributed by atoms with van der Waals surface area (Å²) in [5, 5.41) is 5.05. The van der Waals surface area contributed by atoms with E-state index in [9.17, 15) is 0 Å². The minimum Gasteiger partial charge on any atom is -0.310 e. The maximum atomic E-state index is 2.50. The summed E-state index contributed by atoms with van der Waals surface area (Å²) in [5.41, 5.74) is 15.6. The summed E-state index contributed by atoms with van der Waals surface area (Å²) in [5.74, 6) is 0. The van der Waals surface area contributed by atoms with E-state index in [1.165, 1.54) is 64.1 Å². The first-order chi connectivity index (χ1) is 29.6. The van der Waals surface area contributed by atoms with Gasteiger partial charge < -0.3 is 9.80 Å². The van der Waals surface area contributed by atoms with Crippen molar-refractivity contribution in [2.75, 3.05) is 9.80 Å². The number of rotatable bonds is 9. The van der Waals surface area contributed by atoms with Gasteiger partial charge in [-0.15, -0.1) is 0 Å². The van der Waals surface area contributed by atoms with Crippen LogP contribution in [0.25, 0.3) is 49.4 Å². The van der Waals surface area contributed by atoms with Gasteiger partial charge in [0.1, 0.15) is 0 Å². The largest absolute Gasteiger partial charge is 0.310 e. The Kier molecular flexibility index (Phi) is 10.3. The molecule has 1 aliphatic rings. The lowest BCUT2D eigenvalue weighted by molar-refractivity contribution is 1.05. The Hall–Kier alpha value is -6.69. The average molecular weight is 883 g/mol. The highest BCUT2D eigenvalue weighted by atomic mass is 127. The molecular weight excluding hydrogens is 840 g/mol. The number of para-hydroxylation sites is 4. The van der Waals surface area contributed by atoms with Crippen molar-refractivity contribution in [2.45, 2.75) is 19.8 Å². The summed E-state index contributed by atoms with van der Waals surface area (Å²) >= 11 is 2.50. The number of fused-ring (bicyclic) bond motifs is 2. The summed E-state index contributed by atoms with van der Waals surface area (Å²) in [7, 11) is 0. The fraction of sp³-hybridized carbons (Fsp3) is 0.0526. The zero-order valence-electron chi connectivity index (χ0n) is 33.5. The van der Waals surface area contributed by atoms with Gasteiger partial charge in [0.2, 0.25) is 0 Å². The van der Waals surface area contributed by atoms with Crippen LogP contribution in [-0.2, 0) is 0 Å².